The zero-order valence-corrected chi connectivity index (χ0v) is 9.42. The molecule has 0 unspecified atom stereocenters. The van der Waals surface area contributed by atoms with Crippen molar-refractivity contribution in [2.24, 2.45) is 7.05 Å². The first kappa shape index (κ1) is 10.2. The number of nitrogen functional groups attached to an aromatic ring is 1. The van der Waals surface area contributed by atoms with E-state index >= 15 is 0 Å². The molecule has 80 valence electrons. The molecule has 0 spiro atoms. The van der Waals surface area contributed by atoms with E-state index in [4.69, 9.17) is 5.73 Å². The summed E-state index contributed by atoms with van der Waals surface area (Å²) in [5.41, 5.74) is 7.69. The van der Waals surface area contributed by atoms with Gasteiger partial charge in [-0.25, -0.2) is 0 Å². The maximum Gasteiger partial charge on any atom is 0.0762 e. The molecule has 0 bridgehead atoms. The minimum atomic E-state index is 0.776. The van der Waals surface area contributed by atoms with Crippen LogP contribution in [0, 0.1) is 0 Å². The third-order valence-corrected chi connectivity index (χ3v) is 3.08. The van der Waals surface area contributed by atoms with Crippen LogP contribution in [0.15, 0.2) is 23.7 Å². The summed E-state index contributed by atoms with van der Waals surface area (Å²) in [4.78, 5) is 1.19. The lowest BCUT2D eigenvalue weighted by molar-refractivity contribution is 0.661. The van der Waals surface area contributed by atoms with Gasteiger partial charge in [0.1, 0.15) is 0 Å². The largest absolute Gasteiger partial charge is 0.398 e. The molecule has 0 saturated heterocycles. The predicted octanol–water partition coefficient (Wildman–Crippen LogP) is 1.35. The van der Waals surface area contributed by atoms with Crippen molar-refractivity contribution >= 4 is 17.0 Å². The quantitative estimate of drug-likeness (QED) is 0.821. The molecular weight excluding hydrogens is 208 g/mol. The highest BCUT2D eigenvalue weighted by atomic mass is 32.1. The van der Waals surface area contributed by atoms with Gasteiger partial charge < -0.3 is 11.1 Å². The molecule has 2 rings (SSSR count). The predicted molar refractivity (Wildman–Crippen MR) is 62.5 cm³/mol. The molecule has 0 aliphatic carbocycles. The molecule has 2 aromatic heterocycles. The zero-order chi connectivity index (χ0) is 10.7. The van der Waals surface area contributed by atoms with Gasteiger partial charge in [0.05, 0.1) is 5.69 Å². The fourth-order valence-electron chi connectivity index (χ4n) is 1.36. The van der Waals surface area contributed by atoms with Crippen LogP contribution < -0.4 is 11.1 Å². The highest BCUT2D eigenvalue weighted by Gasteiger charge is 2.00. The number of nitrogens with zero attached hydrogens (tertiary/aromatic N) is 2. The first-order valence-electron chi connectivity index (χ1n) is 4.77. The lowest BCUT2D eigenvalue weighted by atomic mass is 10.4. The van der Waals surface area contributed by atoms with Gasteiger partial charge in [-0.15, -0.1) is 11.3 Å². The zero-order valence-electron chi connectivity index (χ0n) is 8.60. The summed E-state index contributed by atoms with van der Waals surface area (Å²) in [5.74, 6) is 0. The van der Waals surface area contributed by atoms with Crippen molar-refractivity contribution in [2.45, 2.75) is 13.1 Å². The van der Waals surface area contributed by atoms with Gasteiger partial charge in [0.25, 0.3) is 0 Å². The van der Waals surface area contributed by atoms with Crippen LogP contribution in [-0.2, 0) is 20.1 Å². The fraction of sp³-hybridized carbons (Fsp3) is 0.300. The third-order valence-electron chi connectivity index (χ3n) is 2.14. The fourth-order valence-corrected chi connectivity index (χ4v) is 2.12. The van der Waals surface area contributed by atoms with E-state index in [1.165, 1.54) is 4.88 Å². The van der Waals surface area contributed by atoms with Gasteiger partial charge in [-0.3, -0.25) is 4.68 Å². The highest BCUT2D eigenvalue weighted by molar-refractivity contribution is 7.10. The van der Waals surface area contributed by atoms with Crippen LogP contribution in [0.3, 0.4) is 0 Å². The molecule has 2 heterocycles. The Kier molecular flexibility index (Phi) is 3.03. The van der Waals surface area contributed by atoms with E-state index in [9.17, 15) is 0 Å². The molecule has 0 amide bonds. The van der Waals surface area contributed by atoms with Crippen molar-refractivity contribution in [3.63, 3.8) is 0 Å². The van der Waals surface area contributed by atoms with Crippen LogP contribution in [-0.4, -0.2) is 9.78 Å². The van der Waals surface area contributed by atoms with Gasteiger partial charge in [-0.1, -0.05) is 0 Å². The summed E-state index contributed by atoms with van der Waals surface area (Å²) in [6, 6.07) is 3.94. The first-order valence-corrected chi connectivity index (χ1v) is 5.65. The Hall–Kier alpha value is -1.33. The summed E-state index contributed by atoms with van der Waals surface area (Å²) in [7, 11) is 1.92. The number of aromatic nitrogens is 2. The van der Waals surface area contributed by atoms with E-state index < -0.39 is 0 Å². The lowest BCUT2D eigenvalue weighted by Gasteiger charge is -2.01. The van der Waals surface area contributed by atoms with Crippen LogP contribution in [0.4, 0.5) is 5.69 Å². The number of nitrogens with one attached hydrogen (secondary N) is 1. The van der Waals surface area contributed by atoms with E-state index in [1.54, 1.807) is 16.0 Å². The average molecular weight is 222 g/mol. The summed E-state index contributed by atoms with van der Waals surface area (Å²) < 4.78 is 1.80. The van der Waals surface area contributed by atoms with E-state index in [-0.39, 0.29) is 0 Å². The minimum Gasteiger partial charge on any atom is -0.398 e. The Morgan fingerprint density at radius 2 is 2.33 bits per heavy atom. The Morgan fingerprint density at radius 3 is 2.93 bits per heavy atom. The molecule has 5 heteroatoms. The molecule has 0 aliphatic rings. The number of anilines is 1. The Morgan fingerprint density at radius 1 is 1.47 bits per heavy atom. The second kappa shape index (κ2) is 4.46. The third kappa shape index (κ3) is 2.57. The Balaban J connectivity index is 1.83. The summed E-state index contributed by atoms with van der Waals surface area (Å²) >= 11 is 1.68. The molecule has 0 radical (unpaired) electrons. The number of hydrogen-bond donors (Lipinski definition) is 2. The monoisotopic (exact) mass is 222 g/mol. The number of rotatable bonds is 4. The standard InChI is InChI=1S/C10H14N4S/c1-14-4-2-8(13-14)6-12-7-10-9(11)3-5-15-10/h2-5,12H,6-7,11H2,1H3. The molecule has 3 N–H and O–H groups in total. The van der Waals surface area contributed by atoms with E-state index in [0.717, 1.165) is 24.5 Å². The molecular formula is C10H14N4S. The molecule has 0 fully saturated rings. The van der Waals surface area contributed by atoms with E-state index in [0.29, 0.717) is 0 Å². The van der Waals surface area contributed by atoms with Crippen LogP contribution in [0.2, 0.25) is 0 Å². The maximum absolute atomic E-state index is 5.77. The molecule has 0 aliphatic heterocycles. The van der Waals surface area contributed by atoms with Crippen molar-refractivity contribution in [1.82, 2.24) is 15.1 Å². The van der Waals surface area contributed by atoms with Gasteiger partial charge >= 0.3 is 0 Å². The van der Waals surface area contributed by atoms with Crippen LogP contribution in [0.25, 0.3) is 0 Å². The van der Waals surface area contributed by atoms with Gasteiger partial charge in [-0.2, -0.15) is 5.10 Å². The summed E-state index contributed by atoms with van der Waals surface area (Å²) in [6.45, 7) is 1.58. The topological polar surface area (TPSA) is 55.9 Å². The maximum atomic E-state index is 5.77. The SMILES string of the molecule is Cn1ccc(CNCc2sccc2N)n1. The van der Waals surface area contributed by atoms with Gasteiger partial charge in [0, 0.05) is 36.9 Å². The van der Waals surface area contributed by atoms with Crippen LogP contribution in [0.5, 0.6) is 0 Å². The number of aryl methyl sites for hydroxylation is 1. The lowest BCUT2D eigenvalue weighted by Crippen LogP contribution is -2.13. The molecule has 0 aromatic carbocycles. The van der Waals surface area contributed by atoms with E-state index in [2.05, 4.69) is 10.4 Å². The van der Waals surface area contributed by atoms with Crippen molar-refractivity contribution in [1.29, 1.82) is 0 Å². The van der Waals surface area contributed by atoms with Crippen molar-refractivity contribution < 1.29 is 0 Å². The molecule has 2 aromatic rings. The molecule has 0 saturated carbocycles. The van der Waals surface area contributed by atoms with Crippen LogP contribution >= 0.6 is 11.3 Å². The second-order valence-corrected chi connectivity index (χ2v) is 4.38. The summed E-state index contributed by atoms with van der Waals surface area (Å²) in [6.07, 6.45) is 1.94. The van der Waals surface area contributed by atoms with Gasteiger partial charge in [0.2, 0.25) is 0 Å². The van der Waals surface area contributed by atoms with Crippen molar-refractivity contribution in [3.8, 4) is 0 Å². The smallest absolute Gasteiger partial charge is 0.0762 e. The Labute approximate surface area is 92.7 Å². The van der Waals surface area contributed by atoms with Crippen molar-refractivity contribution in [3.05, 3.63) is 34.3 Å². The van der Waals surface area contributed by atoms with Gasteiger partial charge in [0.15, 0.2) is 0 Å². The molecule has 4 nitrogen and oxygen atoms in total. The summed E-state index contributed by atoms with van der Waals surface area (Å²) in [5, 5.41) is 9.60. The van der Waals surface area contributed by atoms with Crippen molar-refractivity contribution in [2.75, 3.05) is 5.73 Å². The highest BCUT2D eigenvalue weighted by Crippen LogP contribution is 2.18. The normalized spacial score (nSPS) is 10.7. The van der Waals surface area contributed by atoms with Gasteiger partial charge in [-0.05, 0) is 17.5 Å². The first-order chi connectivity index (χ1) is 7.25. The van der Waals surface area contributed by atoms with E-state index in [1.807, 2.05) is 30.8 Å². The molecule has 15 heavy (non-hydrogen) atoms. The Bertz CT molecular complexity index is 432. The number of thiophene rings is 1. The van der Waals surface area contributed by atoms with Crippen LogP contribution in [0.1, 0.15) is 10.6 Å². The number of nitrogens with two attached hydrogens (primary N) is 1. The minimum absolute atomic E-state index is 0.776. The second-order valence-electron chi connectivity index (χ2n) is 3.38. The number of hydrogen-bond acceptors (Lipinski definition) is 4. The molecule has 0 atom stereocenters. The average Bonchev–Trinajstić information content (AvgIpc) is 2.77.